The largest absolute Gasteiger partial charge is 0.345 e. The van der Waals surface area contributed by atoms with Crippen LogP contribution < -0.4 is 11.5 Å². The lowest BCUT2D eigenvalue weighted by Gasteiger charge is -1.77. The van der Waals surface area contributed by atoms with Gasteiger partial charge in [-0.2, -0.15) is 0 Å². The summed E-state index contributed by atoms with van der Waals surface area (Å²) in [6.45, 7) is 2.13. The number of thiocarbonyl (C=S) groups is 1. The van der Waals surface area contributed by atoms with E-state index in [1.165, 1.54) is 6.42 Å². The van der Waals surface area contributed by atoms with E-state index in [9.17, 15) is 0 Å². The van der Waals surface area contributed by atoms with Crippen LogP contribution >= 0.6 is 23.8 Å². The van der Waals surface area contributed by atoms with Crippen molar-refractivity contribution in [3.05, 3.63) is 0 Å². The standard InChI is InChI=1S/C4H9Cl.CH4N2S/c1-2-3-4-5;2-1(3)4/h2-4H2,1H3;(H4,2,3,4)/p+1. The van der Waals surface area contributed by atoms with Gasteiger partial charge in [-0.15, -0.1) is 11.6 Å². The van der Waals surface area contributed by atoms with Gasteiger partial charge in [-0.25, -0.2) is 0 Å². The quantitative estimate of drug-likeness (QED) is 0.467. The molecule has 0 saturated heterocycles. The highest BCUT2D eigenvalue weighted by molar-refractivity contribution is 7.79. The SMILES string of the molecule is CCCCCl.NC([NH3+])=S. The zero-order chi connectivity index (χ0) is 7.70. The Balaban J connectivity index is 0. The van der Waals surface area contributed by atoms with Crippen LogP contribution in [0.1, 0.15) is 19.8 Å². The predicted molar refractivity (Wildman–Crippen MR) is 45.3 cm³/mol. The second-order valence-electron chi connectivity index (χ2n) is 1.51. The first-order chi connectivity index (χ1) is 4.15. The second-order valence-corrected chi connectivity index (χ2v) is 2.41. The number of alkyl halides is 1. The second kappa shape index (κ2) is 11.0. The van der Waals surface area contributed by atoms with Crippen LogP contribution in [0, 0.1) is 0 Å². The third kappa shape index (κ3) is 67.0. The molecule has 0 aliphatic rings. The van der Waals surface area contributed by atoms with Crippen molar-refractivity contribution >= 4 is 28.9 Å². The van der Waals surface area contributed by atoms with Gasteiger partial charge < -0.3 is 11.5 Å². The molecule has 0 aromatic carbocycles. The third-order valence-electron chi connectivity index (χ3n) is 0.487. The minimum Gasteiger partial charge on any atom is -0.345 e. The van der Waals surface area contributed by atoms with Gasteiger partial charge in [-0.1, -0.05) is 13.3 Å². The average molecular weight is 170 g/mol. The van der Waals surface area contributed by atoms with Crippen LogP contribution in [-0.2, 0) is 0 Å². The highest BCUT2D eigenvalue weighted by Gasteiger charge is 1.70. The predicted octanol–water partition coefficient (Wildman–Crippen LogP) is 0.497. The van der Waals surface area contributed by atoms with Crippen LogP contribution in [0.5, 0.6) is 0 Å². The number of quaternary nitrogens is 1. The fourth-order valence-electron chi connectivity index (χ4n) is 0.134. The van der Waals surface area contributed by atoms with Crippen LogP contribution in [0.2, 0.25) is 0 Å². The van der Waals surface area contributed by atoms with E-state index < -0.39 is 0 Å². The van der Waals surface area contributed by atoms with Crippen LogP contribution in [-0.4, -0.2) is 11.0 Å². The highest BCUT2D eigenvalue weighted by Crippen LogP contribution is 1.86. The van der Waals surface area contributed by atoms with Crippen LogP contribution in [0.4, 0.5) is 0 Å². The summed E-state index contributed by atoms with van der Waals surface area (Å²) in [4.78, 5) is 0. The molecule has 0 atom stereocenters. The van der Waals surface area contributed by atoms with Gasteiger partial charge in [-0.05, 0) is 6.42 Å². The molecule has 0 aliphatic heterocycles. The molecule has 9 heavy (non-hydrogen) atoms. The zero-order valence-corrected chi connectivity index (χ0v) is 7.26. The highest BCUT2D eigenvalue weighted by atomic mass is 35.5. The maximum atomic E-state index is 5.30. The maximum Gasteiger partial charge on any atom is 0.262 e. The fraction of sp³-hybridized carbons (Fsp3) is 0.800. The fourth-order valence-corrected chi connectivity index (χ4v) is 0.401. The number of nitrogens with two attached hydrogens (primary N) is 1. The topological polar surface area (TPSA) is 53.7 Å². The summed E-state index contributed by atoms with van der Waals surface area (Å²) in [5, 5.41) is 0.250. The van der Waals surface area contributed by atoms with Crippen molar-refractivity contribution in [2.75, 3.05) is 5.88 Å². The van der Waals surface area contributed by atoms with Crippen LogP contribution in [0.15, 0.2) is 0 Å². The van der Waals surface area contributed by atoms with Gasteiger partial charge in [0.1, 0.15) is 0 Å². The minimum absolute atomic E-state index is 0.250. The zero-order valence-electron chi connectivity index (χ0n) is 5.69. The monoisotopic (exact) mass is 169 g/mol. The molecule has 56 valence electrons. The summed E-state index contributed by atoms with van der Waals surface area (Å²) in [6, 6.07) is 0. The van der Waals surface area contributed by atoms with Crippen molar-refractivity contribution in [2.24, 2.45) is 5.73 Å². The lowest BCUT2D eigenvalue weighted by atomic mass is 10.4. The van der Waals surface area contributed by atoms with E-state index in [1.54, 1.807) is 0 Å². The first kappa shape index (κ1) is 11.9. The van der Waals surface area contributed by atoms with Crippen molar-refractivity contribution in [3.63, 3.8) is 0 Å². The van der Waals surface area contributed by atoms with E-state index in [4.69, 9.17) is 17.3 Å². The smallest absolute Gasteiger partial charge is 0.262 e. The van der Waals surface area contributed by atoms with Crippen molar-refractivity contribution in [2.45, 2.75) is 19.8 Å². The van der Waals surface area contributed by atoms with Gasteiger partial charge in [0.2, 0.25) is 0 Å². The Labute approximate surface area is 66.5 Å². The number of rotatable bonds is 2. The van der Waals surface area contributed by atoms with Gasteiger partial charge in [0.05, 0.1) is 0 Å². The van der Waals surface area contributed by atoms with E-state index in [2.05, 4.69) is 24.9 Å². The molecular weight excluding hydrogens is 156 g/mol. The first-order valence-corrected chi connectivity index (χ1v) is 3.76. The Morgan fingerprint density at radius 2 is 2.11 bits per heavy atom. The average Bonchev–Trinajstić information content (AvgIpc) is 1.66. The molecule has 2 nitrogen and oxygen atoms in total. The van der Waals surface area contributed by atoms with Crippen molar-refractivity contribution in [1.29, 1.82) is 0 Å². The van der Waals surface area contributed by atoms with Crippen molar-refractivity contribution in [3.8, 4) is 0 Å². The van der Waals surface area contributed by atoms with E-state index in [0.717, 1.165) is 12.3 Å². The Hall–Kier alpha value is 0.140. The summed E-state index contributed by atoms with van der Waals surface area (Å²) in [5.74, 6) is 0.816. The van der Waals surface area contributed by atoms with E-state index in [1.807, 2.05) is 0 Å². The van der Waals surface area contributed by atoms with Gasteiger partial charge in [0, 0.05) is 18.1 Å². The Morgan fingerprint density at radius 1 is 1.78 bits per heavy atom. The molecule has 0 aromatic heterocycles. The molecule has 0 saturated carbocycles. The normalized spacial score (nSPS) is 7.44. The van der Waals surface area contributed by atoms with E-state index >= 15 is 0 Å². The number of halogens is 1. The van der Waals surface area contributed by atoms with Gasteiger partial charge in [0.25, 0.3) is 5.11 Å². The van der Waals surface area contributed by atoms with E-state index in [0.29, 0.717) is 0 Å². The summed E-state index contributed by atoms with van der Waals surface area (Å²) in [5.41, 5.74) is 7.88. The molecule has 0 aromatic rings. The summed E-state index contributed by atoms with van der Waals surface area (Å²) in [6.07, 6.45) is 2.37. The molecule has 0 heterocycles. The van der Waals surface area contributed by atoms with Crippen molar-refractivity contribution < 1.29 is 5.73 Å². The van der Waals surface area contributed by atoms with Crippen LogP contribution in [0.3, 0.4) is 0 Å². The number of hydrogen-bond donors (Lipinski definition) is 2. The Morgan fingerprint density at radius 3 is 2.11 bits per heavy atom. The molecule has 0 amide bonds. The molecular formula is C5H14ClN2S+. The lowest BCUT2D eigenvalue weighted by molar-refractivity contribution is -0.210. The summed E-state index contributed by atoms with van der Waals surface area (Å²) < 4.78 is 0. The first-order valence-electron chi connectivity index (χ1n) is 2.82. The Kier molecular flexibility index (Phi) is 14.5. The number of hydrogen-bond acceptors (Lipinski definition) is 1. The maximum absolute atomic E-state index is 5.30. The summed E-state index contributed by atoms with van der Waals surface area (Å²) >= 11 is 9.51. The molecule has 4 heteroatoms. The molecule has 0 bridgehead atoms. The van der Waals surface area contributed by atoms with Gasteiger partial charge in [-0.3, -0.25) is 0 Å². The molecule has 5 N–H and O–H groups in total. The lowest BCUT2D eigenvalue weighted by Crippen LogP contribution is -2.60. The third-order valence-corrected chi connectivity index (χ3v) is 0.754. The minimum atomic E-state index is 0.250. The Bertz CT molecular complexity index is 62.0. The van der Waals surface area contributed by atoms with Gasteiger partial charge >= 0.3 is 0 Å². The number of unbranched alkanes of at least 4 members (excludes halogenated alkanes) is 1. The molecule has 0 spiro atoms. The van der Waals surface area contributed by atoms with Crippen molar-refractivity contribution in [1.82, 2.24) is 0 Å². The molecule has 0 radical (unpaired) electrons. The molecule has 0 fully saturated rings. The molecule has 0 rings (SSSR count). The molecule has 0 unspecified atom stereocenters. The molecule has 0 aliphatic carbocycles. The summed E-state index contributed by atoms with van der Waals surface area (Å²) in [7, 11) is 0. The van der Waals surface area contributed by atoms with Gasteiger partial charge in [0.15, 0.2) is 0 Å². The van der Waals surface area contributed by atoms with E-state index in [-0.39, 0.29) is 5.11 Å². The van der Waals surface area contributed by atoms with Crippen LogP contribution in [0.25, 0.3) is 0 Å².